The second-order valence-corrected chi connectivity index (χ2v) is 11.5. The Balaban J connectivity index is 1.03. The van der Waals surface area contributed by atoms with Crippen LogP contribution in [0.3, 0.4) is 0 Å². The lowest BCUT2D eigenvalue weighted by molar-refractivity contribution is -0.116. The summed E-state index contributed by atoms with van der Waals surface area (Å²) in [6.45, 7) is 1.32. The van der Waals surface area contributed by atoms with Gasteiger partial charge in [0.2, 0.25) is 5.91 Å². The van der Waals surface area contributed by atoms with E-state index in [2.05, 4.69) is 16.0 Å². The molecule has 0 bridgehead atoms. The van der Waals surface area contributed by atoms with Crippen LogP contribution in [0.15, 0.2) is 91.0 Å². The third kappa shape index (κ3) is 7.27. The summed E-state index contributed by atoms with van der Waals surface area (Å²) in [7, 11) is 0. The number of anilines is 2. The quantitative estimate of drug-likeness (QED) is 0.203. The molecular formula is C36H35N5O4. The maximum Gasteiger partial charge on any atom is 0.255 e. The van der Waals surface area contributed by atoms with E-state index in [1.807, 2.05) is 53.4 Å². The smallest absolute Gasteiger partial charge is 0.255 e. The van der Waals surface area contributed by atoms with Gasteiger partial charge in [-0.05, 0) is 96.1 Å². The van der Waals surface area contributed by atoms with E-state index < -0.39 is 0 Å². The molecule has 0 unspecified atom stereocenters. The zero-order valence-corrected chi connectivity index (χ0v) is 24.8. The Hall–Kier alpha value is -5.28. The van der Waals surface area contributed by atoms with E-state index in [0.29, 0.717) is 54.9 Å². The molecule has 0 aromatic heterocycles. The topological polar surface area (TPSA) is 134 Å². The van der Waals surface area contributed by atoms with Crippen LogP contribution >= 0.6 is 0 Å². The lowest BCUT2D eigenvalue weighted by Crippen LogP contribution is -2.33. The molecule has 0 atom stereocenters. The largest absolute Gasteiger partial charge is 0.348 e. The van der Waals surface area contributed by atoms with Gasteiger partial charge < -0.3 is 26.6 Å². The summed E-state index contributed by atoms with van der Waals surface area (Å²) in [6.07, 6.45) is 2.99. The predicted molar refractivity (Wildman–Crippen MR) is 173 cm³/mol. The Kier molecular flexibility index (Phi) is 8.70. The number of nitrogens with zero attached hydrogens (tertiary/aromatic N) is 1. The minimum absolute atomic E-state index is 0.00187. The Bertz CT molecular complexity index is 1730. The van der Waals surface area contributed by atoms with Crippen molar-refractivity contribution in [2.45, 2.75) is 51.4 Å². The lowest BCUT2D eigenvalue weighted by atomic mass is 9.99. The summed E-state index contributed by atoms with van der Waals surface area (Å²) in [5, 5.41) is 8.64. The van der Waals surface area contributed by atoms with Crippen LogP contribution in [0.2, 0.25) is 0 Å². The fraction of sp³-hybridized carbons (Fsp3) is 0.222. The number of carbonyl (C=O) groups excluding carboxylic acids is 4. The molecule has 5 N–H and O–H groups in total. The molecule has 6 rings (SSSR count). The van der Waals surface area contributed by atoms with Crippen LogP contribution < -0.4 is 21.7 Å². The third-order valence-electron chi connectivity index (χ3n) is 8.18. The van der Waals surface area contributed by atoms with E-state index in [-0.39, 0.29) is 29.7 Å². The van der Waals surface area contributed by atoms with Gasteiger partial charge in [0, 0.05) is 60.2 Å². The average molecular weight is 602 g/mol. The van der Waals surface area contributed by atoms with Gasteiger partial charge in [-0.15, -0.1) is 0 Å². The molecule has 9 heteroatoms. The molecule has 0 radical (unpaired) electrons. The Labute approximate surface area is 261 Å². The van der Waals surface area contributed by atoms with Crippen molar-refractivity contribution in [2.75, 3.05) is 10.6 Å². The second-order valence-electron chi connectivity index (χ2n) is 11.5. The summed E-state index contributed by atoms with van der Waals surface area (Å²) in [6, 6.07) is 27.4. The van der Waals surface area contributed by atoms with E-state index in [0.717, 1.165) is 40.8 Å². The van der Waals surface area contributed by atoms with Crippen LogP contribution in [-0.2, 0) is 30.8 Å². The van der Waals surface area contributed by atoms with Gasteiger partial charge in [0.15, 0.2) is 0 Å². The highest BCUT2D eigenvalue weighted by atomic mass is 16.2. The molecule has 4 aromatic rings. The first-order valence-corrected chi connectivity index (χ1v) is 15.2. The Morgan fingerprint density at radius 1 is 0.756 bits per heavy atom. The van der Waals surface area contributed by atoms with Crippen LogP contribution in [0.25, 0.3) is 0 Å². The zero-order chi connectivity index (χ0) is 31.3. The molecule has 4 amide bonds. The van der Waals surface area contributed by atoms with E-state index >= 15 is 0 Å². The van der Waals surface area contributed by atoms with Crippen molar-refractivity contribution in [1.29, 1.82) is 0 Å². The summed E-state index contributed by atoms with van der Waals surface area (Å²) < 4.78 is 0. The zero-order valence-electron chi connectivity index (χ0n) is 24.8. The van der Waals surface area contributed by atoms with Gasteiger partial charge >= 0.3 is 0 Å². The molecule has 1 saturated carbocycles. The maximum absolute atomic E-state index is 13.5. The van der Waals surface area contributed by atoms with Crippen molar-refractivity contribution in [1.82, 2.24) is 10.2 Å². The predicted octanol–water partition coefficient (Wildman–Crippen LogP) is 5.02. The van der Waals surface area contributed by atoms with Crippen molar-refractivity contribution >= 4 is 35.0 Å². The molecule has 2 aliphatic rings. The molecule has 0 saturated heterocycles. The van der Waals surface area contributed by atoms with Crippen LogP contribution in [0, 0.1) is 0 Å². The molecule has 1 aliphatic heterocycles. The first-order chi connectivity index (χ1) is 21.9. The molecule has 45 heavy (non-hydrogen) atoms. The summed E-state index contributed by atoms with van der Waals surface area (Å²) in [4.78, 5) is 52.6. The van der Waals surface area contributed by atoms with Gasteiger partial charge in [-0.1, -0.05) is 36.4 Å². The Morgan fingerprint density at radius 2 is 1.38 bits per heavy atom. The molecule has 228 valence electrons. The third-order valence-corrected chi connectivity index (χ3v) is 8.18. The molecule has 9 nitrogen and oxygen atoms in total. The number of nitrogens with two attached hydrogens (primary N) is 1. The van der Waals surface area contributed by atoms with E-state index in [1.165, 1.54) is 0 Å². The van der Waals surface area contributed by atoms with Crippen molar-refractivity contribution in [3.8, 4) is 0 Å². The lowest BCUT2D eigenvalue weighted by Gasteiger charge is -2.24. The molecular weight excluding hydrogens is 566 g/mol. The highest BCUT2D eigenvalue weighted by Gasteiger charge is 2.33. The highest BCUT2D eigenvalue weighted by Crippen LogP contribution is 2.31. The summed E-state index contributed by atoms with van der Waals surface area (Å²) in [5.74, 6) is -0.503. The van der Waals surface area contributed by atoms with Crippen molar-refractivity contribution in [3.05, 3.63) is 130 Å². The number of amides is 4. The monoisotopic (exact) mass is 601 g/mol. The summed E-state index contributed by atoms with van der Waals surface area (Å²) in [5.41, 5.74) is 12.5. The van der Waals surface area contributed by atoms with E-state index in [1.54, 1.807) is 42.5 Å². The molecule has 1 aliphatic carbocycles. The van der Waals surface area contributed by atoms with Crippen molar-refractivity contribution in [2.24, 2.45) is 5.73 Å². The van der Waals surface area contributed by atoms with Gasteiger partial charge in [0.1, 0.15) is 0 Å². The minimum Gasteiger partial charge on any atom is -0.348 e. The first-order valence-electron chi connectivity index (χ1n) is 15.2. The molecule has 0 spiro atoms. The summed E-state index contributed by atoms with van der Waals surface area (Å²) >= 11 is 0. The number of rotatable bonds is 10. The van der Waals surface area contributed by atoms with Gasteiger partial charge in [-0.2, -0.15) is 0 Å². The van der Waals surface area contributed by atoms with Crippen molar-refractivity contribution in [3.63, 3.8) is 0 Å². The molecule has 1 fully saturated rings. The van der Waals surface area contributed by atoms with Gasteiger partial charge in [-0.3, -0.25) is 19.2 Å². The SMILES string of the molecule is NCc1ccc(CNC(=O)c2ccc(NC(=O)c3ccc(CN(C(=O)c4ccc5c(c4)CCC(=O)N5)C4CC4)cc3)cc2)cc1. The number of fused-ring (bicyclic) bond motifs is 1. The van der Waals surface area contributed by atoms with E-state index in [9.17, 15) is 19.2 Å². The van der Waals surface area contributed by atoms with Crippen molar-refractivity contribution < 1.29 is 19.2 Å². The minimum atomic E-state index is -0.268. The van der Waals surface area contributed by atoms with Crippen LogP contribution in [0.5, 0.6) is 0 Å². The fourth-order valence-electron chi connectivity index (χ4n) is 5.38. The van der Waals surface area contributed by atoms with Gasteiger partial charge in [-0.25, -0.2) is 0 Å². The second kappa shape index (κ2) is 13.2. The Morgan fingerprint density at radius 3 is 2.07 bits per heavy atom. The van der Waals surface area contributed by atoms with Crippen LogP contribution in [0.1, 0.15) is 72.6 Å². The first kappa shape index (κ1) is 29.8. The number of benzene rings is 4. The van der Waals surface area contributed by atoms with Crippen LogP contribution in [0.4, 0.5) is 11.4 Å². The average Bonchev–Trinajstić information content (AvgIpc) is 3.92. The highest BCUT2D eigenvalue weighted by molar-refractivity contribution is 6.04. The standard InChI is InChI=1S/C36H35N5O4/c37-20-23-1-3-24(4-2-23)21-38-34(43)26-9-13-30(14-10-26)39-35(44)27-7-5-25(6-8-27)22-41(31-15-16-31)36(45)29-11-17-32-28(19-29)12-18-33(42)40-32/h1-11,13-14,17,19,31H,12,15-16,18,20-22,37H2,(H,38,43)(H,39,44)(H,40,42). The number of carbonyl (C=O) groups is 4. The number of nitrogens with one attached hydrogen (secondary N) is 3. The van der Waals surface area contributed by atoms with Gasteiger partial charge in [0.05, 0.1) is 0 Å². The number of hydrogen-bond donors (Lipinski definition) is 4. The molecule has 1 heterocycles. The van der Waals surface area contributed by atoms with Crippen LogP contribution in [-0.4, -0.2) is 34.6 Å². The fourth-order valence-corrected chi connectivity index (χ4v) is 5.38. The number of hydrogen-bond acceptors (Lipinski definition) is 5. The normalized spacial score (nSPS) is 13.8. The maximum atomic E-state index is 13.5. The van der Waals surface area contributed by atoms with Gasteiger partial charge in [0.25, 0.3) is 17.7 Å². The molecule has 4 aromatic carbocycles. The number of aryl methyl sites for hydroxylation is 1. The van der Waals surface area contributed by atoms with E-state index in [4.69, 9.17) is 5.73 Å².